The molecule has 0 bridgehead atoms. The molecule has 7 heteroatoms. The molecule has 2 heterocycles. The van der Waals surface area contributed by atoms with Gasteiger partial charge in [-0.15, -0.1) is 0 Å². The summed E-state index contributed by atoms with van der Waals surface area (Å²) in [4.78, 5) is 25.1. The van der Waals surface area contributed by atoms with E-state index in [0.29, 0.717) is 37.9 Å². The van der Waals surface area contributed by atoms with Crippen molar-refractivity contribution in [3.8, 4) is 0 Å². The first kappa shape index (κ1) is 16.1. The average Bonchev–Trinajstić information content (AvgIpc) is 2.67. The molecular weight excluding hydrogens is 294 g/mol. The number of rotatable bonds is 4. The summed E-state index contributed by atoms with van der Waals surface area (Å²) in [6.45, 7) is 2.59. The quantitative estimate of drug-likeness (QED) is 0.870. The van der Waals surface area contributed by atoms with Gasteiger partial charge in [0, 0.05) is 63.9 Å². The fourth-order valence-electron chi connectivity index (χ4n) is 3.13. The van der Waals surface area contributed by atoms with E-state index in [0.717, 1.165) is 30.9 Å². The van der Waals surface area contributed by atoms with Crippen LogP contribution in [0.3, 0.4) is 0 Å². The molecule has 1 aromatic rings. The largest absolute Gasteiger partial charge is 0.377 e. The molecule has 0 unspecified atom stereocenters. The molecule has 1 aliphatic carbocycles. The van der Waals surface area contributed by atoms with Crippen molar-refractivity contribution < 1.29 is 9.53 Å². The van der Waals surface area contributed by atoms with Crippen molar-refractivity contribution in [1.29, 1.82) is 0 Å². The number of methoxy groups -OCH3 is 1. The van der Waals surface area contributed by atoms with E-state index in [1.54, 1.807) is 12.0 Å². The minimum Gasteiger partial charge on any atom is -0.377 e. The van der Waals surface area contributed by atoms with Gasteiger partial charge in [-0.1, -0.05) is 0 Å². The molecule has 23 heavy (non-hydrogen) atoms. The molecule has 1 aliphatic heterocycles. The Kier molecular flexibility index (Phi) is 4.77. The first-order valence-corrected chi connectivity index (χ1v) is 8.18. The van der Waals surface area contributed by atoms with Crippen molar-refractivity contribution in [3.05, 3.63) is 17.6 Å². The average molecular weight is 319 g/mol. The van der Waals surface area contributed by atoms with Crippen molar-refractivity contribution in [2.24, 2.45) is 5.73 Å². The van der Waals surface area contributed by atoms with Gasteiger partial charge in [-0.2, -0.15) is 0 Å². The Labute approximate surface area is 136 Å². The number of aromatic nitrogens is 2. The minimum absolute atomic E-state index is 0.184. The van der Waals surface area contributed by atoms with Crippen molar-refractivity contribution in [3.63, 3.8) is 0 Å². The zero-order valence-electron chi connectivity index (χ0n) is 13.9. The van der Waals surface area contributed by atoms with Gasteiger partial charge in [-0.05, 0) is 12.8 Å². The summed E-state index contributed by atoms with van der Waals surface area (Å²) in [7, 11) is 3.50. The van der Waals surface area contributed by atoms with Gasteiger partial charge in [0.15, 0.2) is 5.82 Å². The highest BCUT2D eigenvalue weighted by atomic mass is 16.5. The molecular formula is C16H25N5O2. The van der Waals surface area contributed by atoms with E-state index in [-0.39, 0.29) is 11.9 Å². The van der Waals surface area contributed by atoms with Crippen LogP contribution in [0.15, 0.2) is 6.07 Å². The molecule has 1 aromatic heterocycles. The van der Waals surface area contributed by atoms with Crippen molar-refractivity contribution in [2.45, 2.75) is 37.8 Å². The van der Waals surface area contributed by atoms with Crippen LogP contribution in [-0.2, 0) is 16.1 Å². The van der Waals surface area contributed by atoms with Gasteiger partial charge in [0.05, 0.1) is 0 Å². The van der Waals surface area contributed by atoms with Gasteiger partial charge in [0.25, 0.3) is 0 Å². The molecule has 2 fully saturated rings. The molecule has 1 amide bonds. The Morgan fingerprint density at radius 1 is 1.30 bits per heavy atom. The van der Waals surface area contributed by atoms with Gasteiger partial charge in [0.2, 0.25) is 5.91 Å². The minimum atomic E-state index is 0.184. The second kappa shape index (κ2) is 6.80. The van der Waals surface area contributed by atoms with Crippen molar-refractivity contribution in [2.75, 3.05) is 38.7 Å². The molecule has 0 aromatic carbocycles. The van der Waals surface area contributed by atoms with Crippen molar-refractivity contribution in [1.82, 2.24) is 14.9 Å². The monoisotopic (exact) mass is 319 g/mol. The standard InChI is InChI=1S/C16H25N5O2/c1-20-5-6-21(4-3-16(20)22)15-9-13(11-7-12(17)8-11)18-14(19-15)10-23-2/h9,11-12H,3-8,10,17H2,1-2H3. The first-order valence-electron chi connectivity index (χ1n) is 8.18. The van der Waals surface area contributed by atoms with Gasteiger partial charge in [-0.25, -0.2) is 9.97 Å². The summed E-state index contributed by atoms with van der Waals surface area (Å²) in [5.41, 5.74) is 6.96. The maximum Gasteiger partial charge on any atom is 0.224 e. The highest BCUT2D eigenvalue weighted by molar-refractivity contribution is 5.77. The Balaban J connectivity index is 1.83. The smallest absolute Gasteiger partial charge is 0.224 e. The highest BCUT2D eigenvalue weighted by Crippen LogP contribution is 2.35. The number of carbonyl (C=O) groups is 1. The number of likely N-dealkylation sites (N-methyl/N-ethyl adjacent to an activating group) is 1. The van der Waals surface area contributed by atoms with Crippen LogP contribution in [0.25, 0.3) is 0 Å². The maximum atomic E-state index is 11.9. The molecule has 0 spiro atoms. The van der Waals surface area contributed by atoms with E-state index in [2.05, 4.69) is 20.9 Å². The second-order valence-corrected chi connectivity index (χ2v) is 6.48. The fourth-order valence-corrected chi connectivity index (χ4v) is 3.13. The van der Waals surface area contributed by atoms with Crippen LogP contribution in [0.5, 0.6) is 0 Å². The van der Waals surface area contributed by atoms with Crippen LogP contribution < -0.4 is 10.6 Å². The lowest BCUT2D eigenvalue weighted by atomic mass is 9.78. The van der Waals surface area contributed by atoms with Crippen LogP contribution in [0.4, 0.5) is 5.82 Å². The third-order valence-electron chi connectivity index (χ3n) is 4.70. The second-order valence-electron chi connectivity index (χ2n) is 6.48. The molecule has 2 N–H and O–H groups in total. The zero-order valence-corrected chi connectivity index (χ0v) is 13.9. The molecule has 1 saturated carbocycles. The molecule has 3 rings (SSSR count). The first-order chi connectivity index (χ1) is 11.1. The predicted octanol–water partition coefficient (Wildman–Crippen LogP) is 0.496. The number of amides is 1. The number of hydrogen-bond donors (Lipinski definition) is 1. The van der Waals surface area contributed by atoms with Gasteiger partial charge < -0.3 is 20.3 Å². The Bertz CT molecular complexity index is 574. The SMILES string of the molecule is COCc1nc(C2CC(N)C2)cc(N2CCC(=O)N(C)CC2)n1. The number of nitrogens with two attached hydrogens (primary N) is 1. The third-order valence-corrected chi connectivity index (χ3v) is 4.70. The van der Waals surface area contributed by atoms with Crippen LogP contribution >= 0.6 is 0 Å². The molecule has 1 saturated heterocycles. The Morgan fingerprint density at radius 2 is 2.09 bits per heavy atom. The van der Waals surface area contributed by atoms with E-state index < -0.39 is 0 Å². The van der Waals surface area contributed by atoms with Gasteiger partial charge in [-0.3, -0.25) is 4.79 Å². The normalized spacial score (nSPS) is 25.3. The zero-order chi connectivity index (χ0) is 16.4. The number of nitrogens with zero attached hydrogens (tertiary/aromatic N) is 4. The molecule has 2 aliphatic rings. The number of hydrogen-bond acceptors (Lipinski definition) is 6. The van der Waals surface area contributed by atoms with Crippen LogP contribution in [-0.4, -0.2) is 60.6 Å². The van der Waals surface area contributed by atoms with Gasteiger partial charge in [0.1, 0.15) is 12.4 Å². The summed E-state index contributed by atoms with van der Waals surface area (Å²) in [6, 6.07) is 2.35. The van der Waals surface area contributed by atoms with Crippen molar-refractivity contribution >= 4 is 11.7 Å². The number of anilines is 1. The van der Waals surface area contributed by atoms with Crippen LogP contribution in [0.2, 0.25) is 0 Å². The Morgan fingerprint density at radius 3 is 2.78 bits per heavy atom. The summed E-state index contributed by atoms with van der Waals surface area (Å²) in [5.74, 6) is 2.19. The maximum absolute atomic E-state index is 11.9. The van der Waals surface area contributed by atoms with E-state index in [1.807, 2.05) is 7.05 Å². The van der Waals surface area contributed by atoms with E-state index in [4.69, 9.17) is 10.5 Å². The lowest BCUT2D eigenvalue weighted by molar-refractivity contribution is -0.129. The van der Waals surface area contributed by atoms with E-state index >= 15 is 0 Å². The summed E-state index contributed by atoms with van der Waals surface area (Å²) in [6.07, 6.45) is 2.47. The van der Waals surface area contributed by atoms with Crippen LogP contribution in [0.1, 0.15) is 36.7 Å². The summed E-state index contributed by atoms with van der Waals surface area (Å²) >= 11 is 0. The summed E-state index contributed by atoms with van der Waals surface area (Å²) < 4.78 is 5.21. The predicted molar refractivity (Wildman–Crippen MR) is 87.2 cm³/mol. The fraction of sp³-hybridized carbons (Fsp3) is 0.688. The molecule has 7 nitrogen and oxygen atoms in total. The number of ether oxygens (including phenoxy) is 1. The lowest BCUT2D eigenvalue weighted by Crippen LogP contribution is -2.36. The summed E-state index contributed by atoms with van der Waals surface area (Å²) in [5, 5.41) is 0. The Hall–Kier alpha value is -1.73. The van der Waals surface area contributed by atoms with E-state index in [9.17, 15) is 4.79 Å². The number of carbonyl (C=O) groups excluding carboxylic acids is 1. The molecule has 0 radical (unpaired) electrons. The van der Waals surface area contributed by atoms with E-state index in [1.165, 1.54) is 0 Å². The highest BCUT2D eigenvalue weighted by Gasteiger charge is 2.30. The molecule has 126 valence electrons. The van der Waals surface area contributed by atoms with Gasteiger partial charge >= 0.3 is 0 Å². The topological polar surface area (TPSA) is 84.6 Å². The molecule has 0 atom stereocenters. The third kappa shape index (κ3) is 3.61. The van der Waals surface area contributed by atoms with Crippen LogP contribution in [0, 0.1) is 0 Å². The lowest BCUT2D eigenvalue weighted by Gasteiger charge is -2.33.